The molecule has 1 aliphatic carbocycles. The number of ketones is 1. The highest BCUT2D eigenvalue weighted by atomic mass is 16.3. The lowest BCUT2D eigenvalue weighted by molar-refractivity contribution is -0.112. The zero-order valence-electron chi connectivity index (χ0n) is 14.9. The molecule has 0 aromatic heterocycles. The number of carbonyl (C=O) groups excluding carboxylic acids is 1. The summed E-state index contributed by atoms with van der Waals surface area (Å²) in [6.45, 7) is -0.0660. The minimum Gasteiger partial charge on any atom is -0.394 e. The Labute approximate surface area is 159 Å². The number of fused-ring (bicyclic) bond motifs is 1. The van der Waals surface area contributed by atoms with Gasteiger partial charge in [-0.1, -0.05) is 84.9 Å². The van der Waals surface area contributed by atoms with E-state index in [2.05, 4.69) is 5.32 Å². The summed E-state index contributed by atoms with van der Waals surface area (Å²) in [5.41, 5.74) is 5.41. The molecule has 0 fully saturated rings. The molecule has 0 bridgehead atoms. The highest BCUT2D eigenvalue weighted by molar-refractivity contribution is 6.31. The second-order valence-corrected chi connectivity index (χ2v) is 6.66. The van der Waals surface area contributed by atoms with Crippen LogP contribution in [0.3, 0.4) is 0 Å². The van der Waals surface area contributed by atoms with Crippen molar-refractivity contribution >= 4 is 17.1 Å². The Morgan fingerprint density at radius 1 is 0.889 bits per heavy atom. The first-order chi connectivity index (χ1) is 13.3. The van der Waals surface area contributed by atoms with Crippen LogP contribution in [0.2, 0.25) is 0 Å². The standard InChI is InChI=1S/C24H21NO2/c26-16-21(17-9-3-1-4-10-17)25-24(18-11-5-2-6-12-18)23-20-14-8-7-13-19(20)15-22(23)27/h1-14,21,25-26H,15-16H2/b24-23-/t21-/m0/s1. The molecule has 3 aromatic rings. The van der Waals surface area contributed by atoms with Crippen LogP contribution in [0.25, 0.3) is 11.3 Å². The van der Waals surface area contributed by atoms with Crippen LogP contribution in [0.1, 0.15) is 28.3 Å². The van der Waals surface area contributed by atoms with E-state index in [1.807, 2.05) is 84.9 Å². The van der Waals surface area contributed by atoms with E-state index in [1.54, 1.807) is 0 Å². The van der Waals surface area contributed by atoms with Gasteiger partial charge in [-0.05, 0) is 22.3 Å². The van der Waals surface area contributed by atoms with Crippen molar-refractivity contribution in [3.8, 4) is 0 Å². The van der Waals surface area contributed by atoms with Crippen LogP contribution < -0.4 is 5.32 Å². The van der Waals surface area contributed by atoms with Crippen molar-refractivity contribution in [3.63, 3.8) is 0 Å². The molecule has 0 radical (unpaired) electrons. The van der Waals surface area contributed by atoms with E-state index in [-0.39, 0.29) is 18.4 Å². The van der Waals surface area contributed by atoms with Crippen molar-refractivity contribution in [1.29, 1.82) is 0 Å². The van der Waals surface area contributed by atoms with E-state index in [0.29, 0.717) is 12.0 Å². The number of carbonyl (C=O) groups is 1. The third-order valence-electron chi connectivity index (χ3n) is 4.93. The summed E-state index contributed by atoms with van der Waals surface area (Å²) in [5, 5.41) is 13.5. The topological polar surface area (TPSA) is 49.3 Å². The lowest BCUT2D eigenvalue weighted by atomic mass is 9.98. The number of Topliss-reactive ketones (excluding diaryl/α,β-unsaturated/α-hetero) is 1. The molecular formula is C24H21NO2. The van der Waals surface area contributed by atoms with E-state index >= 15 is 0 Å². The Balaban J connectivity index is 1.85. The number of aliphatic hydroxyl groups is 1. The molecule has 0 aliphatic heterocycles. The third kappa shape index (κ3) is 3.42. The fraction of sp³-hybridized carbons (Fsp3) is 0.125. The molecule has 3 aromatic carbocycles. The SMILES string of the molecule is O=C1Cc2ccccc2/C1=C(/N[C@@H](CO)c1ccccc1)c1ccccc1. The summed E-state index contributed by atoms with van der Waals surface area (Å²) in [6.07, 6.45) is 0.415. The summed E-state index contributed by atoms with van der Waals surface area (Å²) in [4.78, 5) is 12.9. The summed E-state index contributed by atoms with van der Waals surface area (Å²) in [7, 11) is 0. The number of rotatable bonds is 5. The molecule has 0 amide bonds. The second-order valence-electron chi connectivity index (χ2n) is 6.66. The maximum absolute atomic E-state index is 12.9. The molecule has 3 nitrogen and oxygen atoms in total. The molecule has 2 N–H and O–H groups in total. The Morgan fingerprint density at radius 3 is 2.22 bits per heavy atom. The molecule has 1 atom stereocenters. The minimum absolute atomic E-state index is 0.0660. The third-order valence-corrected chi connectivity index (χ3v) is 4.93. The molecule has 0 saturated heterocycles. The first-order valence-corrected chi connectivity index (χ1v) is 9.11. The predicted molar refractivity (Wildman–Crippen MR) is 108 cm³/mol. The van der Waals surface area contributed by atoms with Crippen LogP contribution in [0, 0.1) is 0 Å². The van der Waals surface area contributed by atoms with Gasteiger partial charge in [0.05, 0.1) is 18.3 Å². The van der Waals surface area contributed by atoms with Crippen LogP contribution in [0.4, 0.5) is 0 Å². The van der Waals surface area contributed by atoms with Gasteiger partial charge in [0.25, 0.3) is 0 Å². The lowest BCUT2D eigenvalue weighted by Gasteiger charge is -2.22. The largest absolute Gasteiger partial charge is 0.394 e. The number of hydrogen-bond acceptors (Lipinski definition) is 3. The molecule has 0 heterocycles. The molecule has 0 unspecified atom stereocenters. The van der Waals surface area contributed by atoms with Crippen LogP contribution in [0.15, 0.2) is 84.9 Å². The first kappa shape index (κ1) is 17.3. The van der Waals surface area contributed by atoms with Crippen molar-refractivity contribution in [2.45, 2.75) is 12.5 Å². The van der Waals surface area contributed by atoms with Gasteiger partial charge in [-0.2, -0.15) is 0 Å². The van der Waals surface area contributed by atoms with E-state index in [4.69, 9.17) is 0 Å². The van der Waals surface area contributed by atoms with Gasteiger partial charge < -0.3 is 10.4 Å². The molecule has 1 aliphatic rings. The fourth-order valence-electron chi connectivity index (χ4n) is 3.60. The van der Waals surface area contributed by atoms with Crippen molar-refractivity contribution < 1.29 is 9.90 Å². The highest BCUT2D eigenvalue weighted by Crippen LogP contribution is 2.35. The quantitative estimate of drug-likeness (QED) is 0.680. The second kappa shape index (κ2) is 7.60. The monoisotopic (exact) mass is 355 g/mol. The van der Waals surface area contributed by atoms with Gasteiger partial charge in [0.2, 0.25) is 0 Å². The summed E-state index contributed by atoms with van der Waals surface area (Å²) >= 11 is 0. The average molecular weight is 355 g/mol. The van der Waals surface area contributed by atoms with Gasteiger partial charge in [0.1, 0.15) is 0 Å². The van der Waals surface area contributed by atoms with Gasteiger partial charge in [-0.3, -0.25) is 4.79 Å². The smallest absolute Gasteiger partial charge is 0.169 e. The van der Waals surface area contributed by atoms with Gasteiger partial charge in [-0.25, -0.2) is 0 Å². The van der Waals surface area contributed by atoms with E-state index < -0.39 is 0 Å². The van der Waals surface area contributed by atoms with Gasteiger partial charge in [-0.15, -0.1) is 0 Å². The molecule has 27 heavy (non-hydrogen) atoms. The number of hydrogen-bond donors (Lipinski definition) is 2. The van der Waals surface area contributed by atoms with Gasteiger partial charge in [0, 0.05) is 12.0 Å². The minimum atomic E-state index is -0.297. The summed E-state index contributed by atoms with van der Waals surface area (Å²) in [5.74, 6) is 0.104. The predicted octanol–water partition coefficient (Wildman–Crippen LogP) is 4.00. The molecule has 0 spiro atoms. The van der Waals surface area contributed by atoms with Crippen molar-refractivity contribution in [3.05, 3.63) is 107 Å². The maximum atomic E-state index is 12.9. The van der Waals surface area contributed by atoms with Crippen LogP contribution >= 0.6 is 0 Å². The maximum Gasteiger partial charge on any atom is 0.169 e. The van der Waals surface area contributed by atoms with E-state index in [9.17, 15) is 9.90 Å². The van der Waals surface area contributed by atoms with Crippen LogP contribution in [0.5, 0.6) is 0 Å². The first-order valence-electron chi connectivity index (χ1n) is 9.11. The summed E-state index contributed by atoms with van der Waals surface area (Å²) in [6, 6.07) is 27.3. The number of nitrogens with one attached hydrogen (secondary N) is 1. The molecule has 0 saturated carbocycles. The van der Waals surface area contributed by atoms with E-state index in [0.717, 1.165) is 28.0 Å². The number of allylic oxidation sites excluding steroid dienone is 1. The van der Waals surface area contributed by atoms with E-state index in [1.165, 1.54) is 0 Å². The van der Waals surface area contributed by atoms with Crippen molar-refractivity contribution in [2.24, 2.45) is 0 Å². The zero-order chi connectivity index (χ0) is 18.6. The van der Waals surface area contributed by atoms with Crippen LogP contribution in [-0.4, -0.2) is 17.5 Å². The molecule has 3 heteroatoms. The fourth-order valence-corrected chi connectivity index (χ4v) is 3.60. The highest BCUT2D eigenvalue weighted by Gasteiger charge is 2.29. The average Bonchev–Trinajstić information content (AvgIpc) is 3.06. The van der Waals surface area contributed by atoms with Gasteiger partial charge in [0.15, 0.2) is 5.78 Å². The summed E-state index contributed by atoms with van der Waals surface area (Å²) < 4.78 is 0. The Hall–Kier alpha value is -3.17. The van der Waals surface area contributed by atoms with Gasteiger partial charge >= 0.3 is 0 Å². The molecule has 134 valence electrons. The lowest BCUT2D eigenvalue weighted by Crippen LogP contribution is -2.24. The van der Waals surface area contributed by atoms with Crippen molar-refractivity contribution in [1.82, 2.24) is 5.32 Å². The molecular weight excluding hydrogens is 334 g/mol. The van der Waals surface area contributed by atoms with Crippen molar-refractivity contribution in [2.75, 3.05) is 6.61 Å². The Morgan fingerprint density at radius 2 is 1.52 bits per heavy atom. The normalized spacial score (nSPS) is 16.0. The zero-order valence-corrected chi connectivity index (χ0v) is 14.9. The Bertz CT molecular complexity index is 978. The Kier molecular flexibility index (Phi) is 4.86. The van der Waals surface area contributed by atoms with Crippen LogP contribution in [-0.2, 0) is 11.2 Å². The number of aliphatic hydroxyl groups excluding tert-OH is 1. The molecule has 4 rings (SSSR count). The number of benzene rings is 3.